The third-order valence-electron chi connectivity index (χ3n) is 5.80. The topological polar surface area (TPSA) is 88.7 Å². The fourth-order valence-electron chi connectivity index (χ4n) is 3.95. The van der Waals surface area contributed by atoms with Gasteiger partial charge in [-0.1, -0.05) is 29.8 Å². The van der Waals surface area contributed by atoms with Gasteiger partial charge in [0.25, 0.3) is 5.56 Å². The van der Waals surface area contributed by atoms with Crippen LogP contribution in [0.15, 0.2) is 41.2 Å². The van der Waals surface area contributed by atoms with E-state index in [0.29, 0.717) is 34.8 Å². The van der Waals surface area contributed by atoms with Gasteiger partial charge >= 0.3 is 0 Å². The molecule has 8 nitrogen and oxygen atoms in total. The molecule has 0 radical (unpaired) electrons. The molecule has 1 atom stereocenters. The number of methoxy groups -OCH3 is 2. The van der Waals surface area contributed by atoms with Crippen LogP contribution in [0.3, 0.4) is 0 Å². The molecule has 2 heterocycles. The second-order valence-electron chi connectivity index (χ2n) is 7.99. The van der Waals surface area contributed by atoms with E-state index >= 15 is 0 Å². The minimum atomic E-state index is -0.201. The van der Waals surface area contributed by atoms with E-state index in [-0.39, 0.29) is 11.6 Å². The summed E-state index contributed by atoms with van der Waals surface area (Å²) in [4.78, 5) is 22.7. The number of nitrogens with zero attached hydrogens (tertiary/aromatic N) is 2. The molecule has 2 aromatic carbocycles. The summed E-state index contributed by atoms with van der Waals surface area (Å²) in [6.45, 7) is 6.71. The molecule has 2 N–H and O–H groups in total. The second kappa shape index (κ2) is 10.1. The molecule has 1 fully saturated rings. The molecule has 0 spiro atoms. The summed E-state index contributed by atoms with van der Waals surface area (Å²) < 4.78 is 16.2. The number of nitrogens with one attached hydrogen (secondary N) is 2. The van der Waals surface area contributed by atoms with Crippen LogP contribution in [-0.4, -0.2) is 61.9 Å². The van der Waals surface area contributed by atoms with E-state index in [4.69, 9.17) is 14.2 Å². The Bertz CT molecular complexity index is 1110. The summed E-state index contributed by atoms with van der Waals surface area (Å²) in [6, 6.07) is 12.0. The van der Waals surface area contributed by atoms with Crippen molar-refractivity contribution in [2.45, 2.75) is 19.5 Å². The first-order chi connectivity index (χ1) is 15.6. The van der Waals surface area contributed by atoms with Gasteiger partial charge in [-0.2, -0.15) is 0 Å². The van der Waals surface area contributed by atoms with Crippen LogP contribution < -0.4 is 20.3 Å². The van der Waals surface area contributed by atoms with Crippen molar-refractivity contribution in [3.8, 4) is 11.5 Å². The fraction of sp³-hybridized carbons (Fsp3) is 0.417. The summed E-state index contributed by atoms with van der Waals surface area (Å²) in [6.07, 6.45) is 0. The predicted molar refractivity (Wildman–Crippen MR) is 123 cm³/mol. The Kier molecular flexibility index (Phi) is 7.04. The predicted octanol–water partition coefficient (Wildman–Crippen LogP) is 2.41. The minimum absolute atomic E-state index is 0.0973. The highest BCUT2D eigenvalue weighted by atomic mass is 16.5. The van der Waals surface area contributed by atoms with Gasteiger partial charge in [-0.25, -0.2) is 4.98 Å². The monoisotopic (exact) mass is 438 g/mol. The Labute approximate surface area is 187 Å². The molecule has 1 aliphatic rings. The number of fused-ring (bicyclic) bond motifs is 1. The van der Waals surface area contributed by atoms with Crippen molar-refractivity contribution in [3.05, 3.63) is 63.7 Å². The molecule has 4 rings (SSSR count). The molecule has 1 saturated heterocycles. The Morgan fingerprint density at radius 3 is 2.50 bits per heavy atom. The van der Waals surface area contributed by atoms with Crippen molar-refractivity contribution in [2.24, 2.45) is 0 Å². The van der Waals surface area contributed by atoms with E-state index in [1.165, 1.54) is 11.1 Å². The van der Waals surface area contributed by atoms with Gasteiger partial charge in [0, 0.05) is 31.7 Å². The lowest BCUT2D eigenvalue weighted by Gasteiger charge is -2.31. The second-order valence-corrected chi connectivity index (χ2v) is 7.99. The third-order valence-corrected chi connectivity index (χ3v) is 5.80. The molecule has 0 amide bonds. The quantitative estimate of drug-likeness (QED) is 0.558. The summed E-state index contributed by atoms with van der Waals surface area (Å²) in [5.74, 6) is 1.62. The standard InChI is InChI=1S/C24H30N4O4/c1-16-4-6-17(7-5-16)20(15-28-8-10-32-11-9-28)25-14-23-26-19-13-22(31-3)21(30-2)12-18(19)24(29)27-23/h4-7,12-13,20,25H,8-11,14-15H2,1-3H3,(H,26,27,29). The van der Waals surface area contributed by atoms with Crippen LogP contribution in [0.1, 0.15) is 23.0 Å². The van der Waals surface area contributed by atoms with Crippen molar-refractivity contribution < 1.29 is 14.2 Å². The lowest BCUT2D eigenvalue weighted by atomic mass is 10.0. The average molecular weight is 439 g/mol. The molecular formula is C24H30N4O4. The van der Waals surface area contributed by atoms with Gasteiger partial charge in [0.05, 0.1) is 44.9 Å². The smallest absolute Gasteiger partial charge is 0.258 e. The summed E-state index contributed by atoms with van der Waals surface area (Å²) in [7, 11) is 3.11. The first-order valence-electron chi connectivity index (χ1n) is 10.8. The number of hydrogen-bond acceptors (Lipinski definition) is 7. The third kappa shape index (κ3) is 5.09. The first-order valence-corrected chi connectivity index (χ1v) is 10.8. The Morgan fingerprint density at radius 1 is 1.12 bits per heavy atom. The minimum Gasteiger partial charge on any atom is -0.493 e. The molecular weight excluding hydrogens is 408 g/mol. The van der Waals surface area contributed by atoms with Crippen molar-refractivity contribution in [1.29, 1.82) is 0 Å². The molecule has 1 aromatic heterocycles. The van der Waals surface area contributed by atoms with Gasteiger partial charge in [-0.05, 0) is 18.6 Å². The number of hydrogen-bond donors (Lipinski definition) is 2. The number of aromatic amines is 1. The van der Waals surface area contributed by atoms with E-state index in [9.17, 15) is 4.79 Å². The first kappa shape index (κ1) is 22.3. The van der Waals surface area contributed by atoms with E-state index < -0.39 is 0 Å². The van der Waals surface area contributed by atoms with Gasteiger partial charge in [0.2, 0.25) is 0 Å². The fourth-order valence-corrected chi connectivity index (χ4v) is 3.95. The van der Waals surface area contributed by atoms with Crippen molar-refractivity contribution in [1.82, 2.24) is 20.2 Å². The molecule has 8 heteroatoms. The molecule has 1 aliphatic heterocycles. The summed E-state index contributed by atoms with van der Waals surface area (Å²) in [5, 5.41) is 4.06. The number of aromatic nitrogens is 2. The van der Waals surface area contributed by atoms with Crippen molar-refractivity contribution >= 4 is 10.9 Å². The van der Waals surface area contributed by atoms with Gasteiger partial charge in [-0.3, -0.25) is 9.69 Å². The Balaban J connectivity index is 1.57. The summed E-state index contributed by atoms with van der Waals surface area (Å²) in [5.41, 5.74) is 2.80. The van der Waals surface area contributed by atoms with Gasteiger partial charge < -0.3 is 24.5 Å². The number of aryl methyl sites for hydroxylation is 1. The average Bonchev–Trinajstić information content (AvgIpc) is 2.82. The van der Waals surface area contributed by atoms with Crippen LogP contribution >= 0.6 is 0 Å². The lowest BCUT2D eigenvalue weighted by Crippen LogP contribution is -2.42. The zero-order valence-corrected chi connectivity index (χ0v) is 18.8. The SMILES string of the molecule is COc1cc2nc(CNC(CN3CCOCC3)c3ccc(C)cc3)[nH]c(=O)c2cc1OC. The van der Waals surface area contributed by atoms with Gasteiger partial charge in [0.15, 0.2) is 11.5 Å². The maximum absolute atomic E-state index is 12.7. The highest BCUT2D eigenvalue weighted by molar-refractivity contribution is 5.81. The molecule has 0 saturated carbocycles. The van der Waals surface area contributed by atoms with Crippen LogP contribution in [0.2, 0.25) is 0 Å². The zero-order chi connectivity index (χ0) is 22.5. The Hall–Kier alpha value is -2.94. The van der Waals surface area contributed by atoms with Gasteiger partial charge in [-0.15, -0.1) is 0 Å². The molecule has 1 unspecified atom stereocenters. The van der Waals surface area contributed by atoms with Crippen molar-refractivity contribution in [3.63, 3.8) is 0 Å². The number of H-pyrrole nitrogens is 1. The van der Waals surface area contributed by atoms with Crippen LogP contribution in [0.4, 0.5) is 0 Å². The largest absolute Gasteiger partial charge is 0.493 e. The highest BCUT2D eigenvalue weighted by Crippen LogP contribution is 2.30. The molecule has 32 heavy (non-hydrogen) atoms. The van der Waals surface area contributed by atoms with E-state index in [2.05, 4.69) is 51.4 Å². The highest BCUT2D eigenvalue weighted by Gasteiger charge is 2.19. The zero-order valence-electron chi connectivity index (χ0n) is 18.8. The lowest BCUT2D eigenvalue weighted by molar-refractivity contribution is 0.0333. The summed E-state index contributed by atoms with van der Waals surface area (Å²) >= 11 is 0. The maximum Gasteiger partial charge on any atom is 0.258 e. The maximum atomic E-state index is 12.7. The molecule has 0 aliphatic carbocycles. The molecule has 3 aromatic rings. The van der Waals surface area contributed by atoms with Crippen LogP contribution in [-0.2, 0) is 11.3 Å². The van der Waals surface area contributed by atoms with Gasteiger partial charge in [0.1, 0.15) is 5.82 Å². The number of benzene rings is 2. The van der Waals surface area contributed by atoms with Crippen LogP contribution in [0, 0.1) is 6.92 Å². The normalized spacial score (nSPS) is 15.6. The van der Waals surface area contributed by atoms with E-state index in [1.54, 1.807) is 26.4 Å². The van der Waals surface area contributed by atoms with E-state index in [0.717, 1.165) is 32.8 Å². The number of rotatable bonds is 8. The number of morpholine rings is 1. The Morgan fingerprint density at radius 2 is 1.81 bits per heavy atom. The number of ether oxygens (including phenoxy) is 3. The van der Waals surface area contributed by atoms with Crippen molar-refractivity contribution in [2.75, 3.05) is 47.1 Å². The molecule has 0 bridgehead atoms. The van der Waals surface area contributed by atoms with E-state index in [1.807, 2.05) is 0 Å². The van der Waals surface area contributed by atoms with Crippen LogP contribution in [0.25, 0.3) is 10.9 Å². The molecule has 170 valence electrons. The van der Waals surface area contributed by atoms with Crippen LogP contribution in [0.5, 0.6) is 11.5 Å².